The van der Waals surface area contributed by atoms with Gasteiger partial charge in [-0.2, -0.15) is 0 Å². The number of unbranched alkanes of at least 4 members (excludes halogenated alkanes) is 3. The molecule has 178 valence electrons. The van der Waals surface area contributed by atoms with E-state index < -0.39 is 12.1 Å². The average molecular weight is 465 g/mol. The molecule has 0 aliphatic rings. The van der Waals surface area contributed by atoms with Crippen molar-refractivity contribution in [2.24, 2.45) is 0 Å². The van der Waals surface area contributed by atoms with Gasteiger partial charge in [0, 0.05) is 0 Å². The summed E-state index contributed by atoms with van der Waals surface area (Å²) < 4.78 is 19.2. The van der Waals surface area contributed by atoms with Gasteiger partial charge < -0.3 is 0 Å². The summed E-state index contributed by atoms with van der Waals surface area (Å²) in [5.74, 6) is 0. The predicted octanol–water partition coefficient (Wildman–Crippen LogP) is 9.82. The van der Waals surface area contributed by atoms with Gasteiger partial charge in [0.2, 0.25) is 0 Å². The first-order valence-corrected chi connectivity index (χ1v) is 15.6. The Balaban J connectivity index is 2.52. The van der Waals surface area contributed by atoms with E-state index in [1.165, 1.54) is 0 Å². The van der Waals surface area contributed by atoms with E-state index in [1.807, 2.05) is 0 Å². The van der Waals surface area contributed by atoms with E-state index >= 15 is 4.20 Å². The average Bonchev–Trinajstić information content (AvgIpc) is 2.88. The Hall–Kier alpha value is -1.98. The number of halogens is 1. The van der Waals surface area contributed by atoms with Gasteiger partial charge >= 0.3 is 202 Å². The Morgan fingerprint density at radius 2 is 0.788 bits per heavy atom. The van der Waals surface area contributed by atoms with Gasteiger partial charge in [-0.15, -0.1) is 0 Å². The minimum atomic E-state index is -3.88. The molecule has 0 N–H and O–H groups in total. The summed E-state index contributed by atoms with van der Waals surface area (Å²) in [4.78, 5) is 0. The van der Waals surface area contributed by atoms with Crippen molar-refractivity contribution >= 4 is 6.91 Å². The van der Waals surface area contributed by atoms with Gasteiger partial charge in [-0.05, 0) is 0 Å². The second-order valence-corrected chi connectivity index (χ2v) is 14.8. The Morgan fingerprint density at radius 1 is 0.515 bits per heavy atom. The third-order valence-corrected chi connectivity index (χ3v) is 14.0. The summed E-state index contributed by atoms with van der Waals surface area (Å²) in [5.41, 5.74) is 3.35. The number of rotatable bonds is 13. The Bertz CT molecular complexity index is 831. The summed E-state index contributed by atoms with van der Waals surface area (Å²) >= 11 is 0. The molecule has 0 nitrogen and oxygen atoms in total. The zero-order valence-electron chi connectivity index (χ0n) is 20.8. The Kier molecular flexibility index (Phi) is 8.88. The Labute approximate surface area is 201 Å². The van der Waals surface area contributed by atoms with Gasteiger partial charge in [-0.25, -0.2) is 0 Å². The molecule has 0 radical (unpaired) electrons. The van der Waals surface area contributed by atoms with Crippen molar-refractivity contribution in [2.45, 2.75) is 64.5 Å². The fraction of sp³-hybridized carbons (Fsp3) is 0.419. The molecule has 0 amide bonds. The molecule has 0 spiro atoms. The van der Waals surface area contributed by atoms with Crippen molar-refractivity contribution in [3.8, 4) is 0 Å². The van der Waals surface area contributed by atoms with Crippen molar-refractivity contribution in [1.82, 2.24) is 0 Å². The van der Waals surface area contributed by atoms with Crippen LogP contribution in [0.2, 0.25) is 0 Å². The van der Waals surface area contributed by atoms with E-state index in [1.54, 1.807) is 0 Å². The van der Waals surface area contributed by atoms with E-state index in [9.17, 15) is 0 Å². The van der Waals surface area contributed by atoms with Crippen LogP contribution in [0.3, 0.4) is 0 Å². The van der Waals surface area contributed by atoms with E-state index in [0.717, 1.165) is 55.2 Å². The van der Waals surface area contributed by atoms with Crippen LogP contribution in [0.1, 0.15) is 76.0 Å². The molecule has 33 heavy (non-hydrogen) atoms. The van der Waals surface area contributed by atoms with Crippen LogP contribution in [-0.2, 0) is 5.16 Å². The van der Waals surface area contributed by atoms with Crippen molar-refractivity contribution in [3.63, 3.8) is 0 Å². The molecule has 0 bridgehead atoms. The molecule has 0 aliphatic carbocycles. The molecular formula is C31H42FP. The molecule has 0 saturated carbocycles. The van der Waals surface area contributed by atoms with Crippen LogP contribution in [0.25, 0.3) is 0 Å². The van der Waals surface area contributed by atoms with Crippen molar-refractivity contribution in [3.05, 3.63) is 108 Å². The van der Waals surface area contributed by atoms with Crippen LogP contribution < -0.4 is 0 Å². The molecule has 0 aromatic heterocycles. The third kappa shape index (κ3) is 4.81. The van der Waals surface area contributed by atoms with E-state index in [4.69, 9.17) is 0 Å². The predicted molar refractivity (Wildman–Crippen MR) is 147 cm³/mol. The first-order chi connectivity index (χ1) is 16.1. The molecular weight excluding hydrogens is 422 g/mol. The van der Waals surface area contributed by atoms with Gasteiger partial charge in [0.15, 0.2) is 0 Å². The molecule has 0 fully saturated rings. The monoisotopic (exact) mass is 464 g/mol. The first-order valence-electron chi connectivity index (χ1n) is 12.9. The molecule has 0 heterocycles. The summed E-state index contributed by atoms with van der Waals surface area (Å²) in [7, 11) is 0. The molecule has 3 rings (SSSR count). The van der Waals surface area contributed by atoms with E-state index in [-0.39, 0.29) is 0 Å². The van der Waals surface area contributed by atoms with Crippen molar-refractivity contribution < 1.29 is 4.20 Å². The zero-order valence-corrected chi connectivity index (χ0v) is 21.7. The van der Waals surface area contributed by atoms with Gasteiger partial charge in [-0.1, -0.05) is 0 Å². The fourth-order valence-corrected chi connectivity index (χ4v) is 13.1. The first kappa shape index (κ1) is 25.6. The number of hydrogen-bond donors (Lipinski definition) is 0. The van der Waals surface area contributed by atoms with E-state index in [2.05, 4.69) is 112 Å². The van der Waals surface area contributed by atoms with E-state index in [0.29, 0.717) is 18.5 Å². The van der Waals surface area contributed by atoms with Gasteiger partial charge in [0.25, 0.3) is 0 Å². The SMILES string of the molecule is CCCCP(F)(CCCC)(CCCC)C(c1ccccc1)(c1ccccc1)c1ccccc1. The quantitative estimate of drug-likeness (QED) is 0.174. The van der Waals surface area contributed by atoms with Gasteiger partial charge in [0.05, 0.1) is 0 Å². The second kappa shape index (κ2) is 11.4. The molecule has 3 aromatic carbocycles. The molecule has 0 saturated heterocycles. The Morgan fingerprint density at radius 3 is 1.03 bits per heavy atom. The summed E-state index contributed by atoms with van der Waals surface area (Å²) in [5, 5.41) is -0.755. The fourth-order valence-electron chi connectivity index (χ4n) is 5.91. The van der Waals surface area contributed by atoms with Crippen LogP contribution in [0, 0.1) is 0 Å². The number of benzene rings is 3. The minimum absolute atomic E-state index is 0.695. The molecule has 3 aromatic rings. The van der Waals surface area contributed by atoms with Crippen molar-refractivity contribution in [2.75, 3.05) is 18.5 Å². The summed E-state index contributed by atoms with van der Waals surface area (Å²) in [6.07, 6.45) is 7.97. The van der Waals surface area contributed by atoms with Crippen LogP contribution in [0.4, 0.5) is 4.20 Å². The molecule has 0 aliphatic heterocycles. The second-order valence-electron chi connectivity index (χ2n) is 9.63. The normalized spacial score (nSPS) is 13.4. The maximum absolute atomic E-state index is 19.2. The summed E-state index contributed by atoms with van der Waals surface area (Å²) in [6.45, 7) is 2.73. The third-order valence-electron chi connectivity index (χ3n) is 7.49. The standard InChI is InChI=1S/C31H42FP/c1-4-7-25-33(32,26-8-5-2,27-9-6-3)31(28-19-13-10-14-20-28,29-21-15-11-16-22-29)30-23-17-12-18-24-30/h10-24H,4-9,25-27H2,1-3H3. The zero-order chi connectivity index (χ0) is 23.6. The summed E-state index contributed by atoms with van der Waals surface area (Å²) in [6, 6.07) is 31.8. The topological polar surface area (TPSA) is 0 Å². The van der Waals surface area contributed by atoms with Gasteiger partial charge in [-0.3, -0.25) is 0 Å². The van der Waals surface area contributed by atoms with Gasteiger partial charge in [0.1, 0.15) is 0 Å². The van der Waals surface area contributed by atoms with Crippen molar-refractivity contribution in [1.29, 1.82) is 0 Å². The molecule has 2 heteroatoms. The van der Waals surface area contributed by atoms with Crippen LogP contribution >= 0.6 is 6.91 Å². The van der Waals surface area contributed by atoms with Crippen LogP contribution in [-0.4, -0.2) is 18.5 Å². The molecule has 0 atom stereocenters. The number of hydrogen-bond acceptors (Lipinski definition) is 0. The van der Waals surface area contributed by atoms with Crippen LogP contribution in [0.15, 0.2) is 91.0 Å². The van der Waals surface area contributed by atoms with Crippen LogP contribution in [0.5, 0.6) is 0 Å². The maximum atomic E-state index is 19.2. The molecule has 0 unspecified atom stereocenters.